The predicted octanol–water partition coefficient (Wildman–Crippen LogP) is 4.24. The quantitative estimate of drug-likeness (QED) is 0.546. The summed E-state index contributed by atoms with van der Waals surface area (Å²) in [6.07, 6.45) is 3.97. The Kier molecular flexibility index (Phi) is 7.05. The van der Waals surface area contributed by atoms with Crippen LogP contribution in [0.5, 0.6) is 0 Å². The Balaban J connectivity index is 1.55. The van der Waals surface area contributed by atoms with E-state index in [9.17, 15) is 13.2 Å². The summed E-state index contributed by atoms with van der Waals surface area (Å²) in [7, 11) is -2.12. The molecule has 186 valence electrons. The van der Waals surface area contributed by atoms with E-state index in [4.69, 9.17) is 0 Å². The van der Waals surface area contributed by atoms with Crippen molar-refractivity contribution in [2.24, 2.45) is 7.05 Å². The van der Waals surface area contributed by atoms with Gasteiger partial charge in [-0.05, 0) is 44.4 Å². The van der Waals surface area contributed by atoms with Crippen LogP contribution >= 0.6 is 0 Å². The van der Waals surface area contributed by atoms with Crippen molar-refractivity contribution in [1.82, 2.24) is 19.4 Å². The molecule has 0 aliphatic carbocycles. The summed E-state index contributed by atoms with van der Waals surface area (Å²) in [4.78, 5) is 12.4. The van der Waals surface area contributed by atoms with Gasteiger partial charge in [0.05, 0.1) is 17.8 Å². The van der Waals surface area contributed by atoms with Crippen molar-refractivity contribution in [2.75, 3.05) is 0 Å². The Bertz CT molecular complexity index is 1330. The minimum atomic E-state index is -3.79. The number of aryl methyl sites for hydroxylation is 1. The molecule has 7 nitrogen and oxygen atoms in total. The van der Waals surface area contributed by atoms with Gasteiger partial charge in [0.25, 0.3) is 5.91 Å². The van der Waals surface area contributed by atoms with E-state index in [1.807, 2.05) is 6.07 Å². The summed E-state index contributed by atoms with van der Waals surface area (Å²) in [5.41, 5.74) is 0.903. The number of halogens is 2. The summed E-state index contributed by atoms with van der Waals surface area (Å²) in [5, 5.41) is 5.83. The van der Waals surface area contributed by atoms with Gasteiger partial charge in [-0.2, -0.15) is 9.40 Å². The summed E-state index contributed by atoms with van der Waals surface area (Å²) in [6.45, 7) is 3.05. The predicted molar refractivity (Wildman–Crippen MR) is 128 cm³/mol. The Hall–Kier alpha value is -3.11. The minimum Gasteiger partial charge on any atom is -0.345 e. The van der Waals surface area contributed by atoms with Crippen LogP contribution in [0.15, 0.2) is 54.9 Å². The first-order valence-electron chi connectivity index (χ1n) is 11.4. The molecule has 35 heavy (non-hydrogen) atoms. The second-order valence-electron chi connectivity index (χ2n) is 8.98. The number of carbonyl (C=O) groups is 1. The highest BCUT2D eigenvalue weighted by Gasteiger charge is 2.40. The van der Waals surface area contributed by atoms with Crippen molar-refractivity contribution in [3.8, 4) is 0 Å². The topological polar surface area (TPSA) is 84.3 Å². The number of rotatable bonds is 6. The zero-order valence-corrected chi connectivity index (χ0v) is 20.6. The van der Waals surface area contributed by atoms with E-state index in [0.717, 1.165) is 12.1 Å². The SMILES string of the molecule is CC(NC(=O)c1cnn(C)c1)c1cc(F)c(CN2[C@H](C)CC[C@@H](c3ccccc3)S2(=O)=O)cc1F. The highest BCUT2D eigenvalue weighted by Crippen LogP contribution is 2.38. The molecule has 0 spiro atoms. The van der Waals surface area contributed by atoms with Crippen molar-refractivity contribution in [1.29, 1.82) is 0 Å². The highest BCUT2D eigenvalue weighted by atomic mass is 32.2. The fourth-order valence-corrected chi connectivity index (χ4v) is 6.66. The average Bonchev–Trinajstić information content (AvgIpc) is 3.25. The molecule has 1 N–H and O–H groups in total. The van der Waals surface area contributed by atoms with Crippen molar-refractivity contribution >= 4 is 15.9 Å². The number of nitrogens with one attached hydrogen (secondary N) is 1. The monoisotopic (exact) mass is 502 g/mol. The van der Waals surface area contributed by atoms with E-state index in [0.29, 0.717) is 24.0 Å². The molecule has 3 atom stereocenters. The van der Waals surface area contributed by atoms with Gasteiger partial charge in [0.15, 0.2) is 0 Å². The maximum absolute atomic E-state index is 15.1. The number of aromatic nitrogens is 2. The lowest BCUT2D eigenvalue weighted by atomic mass is 10.0. The molecule has 0 radical (unpaired) electrons. The van der Waals surface area contributed by atoms with Crippen LogP contribution in [0.4, 0.5) is 8.78 Å². The highest BCUT2D eigenvalue weighted by molar-refractivity contribution is 7.89. The molecule has 1 aromatic heterocycles. The second kappa shape index (κ2) is 9.87. The standard InChI is InChI=1S/C25H28F2N4O3S/c1-16-9-10-24(18-7-5-4-6-8-18)35(33,34)31(16)15-19-11-23(27)21(12-22(19)26)17(2)29-25(32)20-13-28-30(3)14-20/h4-8,11-14,16-17,24H,9-10,15H2,1-3H3,(H,29,32)/t16-,17?,24+/m1/s1. The van der Waals surface area contributed by atoms with Gasteiger partial charge < -0.3 is 5.32 Å². The van der Waals surface area contributed by atoms with Gasteiger partial charge in [0, 0.05) is 37.0 Å². The Morgan fingerprint density at radius 1 is 1.17 bits per heavy atom. The van der Waals surface area contributed by atoms with E-state index < -0.39 is 38.9 Å². The molecule has 1 aliphatic rings. The third-order valence-electron chi connectivity index (χ3n) is 6.47. The smallest absolute Gasteiger partial charge is 0.254 e. The average molecular weight is 503 g/mol. The fourth-order valence-electron chi connectivity index (χ4n) is 4.47. The minimum absolute atomic E-state index is 0.0276. The van der Waals surface area contributed by atoms with Crippen molar-refractivity contribution in [2.45, 2.75) is 50.6 Å². The molecular weight excluding hydrogens is 474 g/mol. The molecule has 0 saturated carbocycles. The molecule has 1 fully saturated rings. The number of amides is 1. The first-order chi connectivity index (χ1) is 16.6. The summed E-state index contributed by atoms with van der Waals surface area (Å²) < 4.78 is 59.7. The normalized spacial score (nSPS) is 20.9. The zero-order valence-electron chi connectivity index (χ0n) is 19.8. The van der Waals surface area contributed by atoms with Crippen molar-refractivity contribution in [3.63, 3.8) is 0 Å². The number of benzene rings is 2. The van der Waals surface area contributed by atoms with Crippen molar-refractivity contribution < 1.29 is 22.0 Å². The van der Waals surface area contributed by atoms with Gasteiger partial charge >= 0.3 is 0 Å². The number of nitrogens with zero attached hydrogens (tertiary/aromatic N) is 3. The third-order valence-corrected chi connectivity index (χ3v) is 8.84. The molecule has 1 aliphatic heterocycles. The van der Waals surface area contributed by atoms with Gasteiger partial charge in [0.1, 0.15) is 16.9 Å². The van der Waals surface area contributed by atoms with Gasteiger partial charge in [-0.15, -0.1) is 0 Å². The van der Waals surface area contributed by atoms with Gasteiger partial charge in [-0.3, -0.25) is 9.48 Å². The van der Waals surface area contributed by atoms with Crippen LogP contribution in [-0.2, 0) is 23.6 Å². The number of hydrogen-bond acceptors (Lipinski definition) is 4. The molecule has 2 heterocycles. The van der Waals surface area contributed by atoms with E-state index in [1.54, 1.807) is 45.2 Å². The zero-order chi connectivity index (χ0) is 25.3. The molecule has 10 heteroatoms. The maximum atomic E-state index is 15.1. The number of carbonyl (C=O) groups excluding carboxylic acids is 1. The molecule has 1 unspecified atom stereocenters. The van der Waals surface area contributed by atoms with E-state index >= 15 is 8.78 Å². The lowest BCUT2D eigenvalue weighted by Crippen LogP contribution is -2.44. The fraction of sp³-hybridized carbons (Fsp3) is 0.360. The third kappa shape index (κ3) is 5.13. The molecule has 0 bridgehead atoms. The van der Waals surface area contributed by atoms with Crippen LogP contribution in [-0.4, -0.2) is 34.5 Å². The Morgan fingerprint density at radius 3 is 2.54 bits per heavy atom. The van der Waals surface area contributed by atoms with Crippen molar-refractivity contribution in [3.05, 3.63) is 88.7 Å². The van der Waals surface area contributed by atoms with Crippen LogP contribution in [0, 0.1) is 11.6 Å². The van der Waals surface area contributed by atoms with Crippen LogP contribution in [0.25, 0.3) is 0 Å². The van der Waals surface area contributed by atoms with E-state index in [-0.39, 0.29) is 23.7 Å². The summed E-state index contributed by atoms with van der Waals surface area (Å²) >= 11 is 0. The number of sulfonamides is 1. The van der Waals surface area contributed by atoms with Gasteiger partial charge in [0.2, 0.25) is 10.0 Å². The maximum Gasteiger partial charge on any atom is 0.254 e. The largest absolute Gasteiger partial charge is 0.345 e. The number of hydrogen-bond donors (Lipinski definition) is 1. The van der Waals surface area contributed by atoms with Gasteiger partial charge in [-0.1, -0.05) is 30.3 Å². The van der Waals surface area contributed by atoms with Crippen LogP contribution in [0.3, 0.4) is 0 Å². The van der Waals surface area contributed by atoms with Crippen LogP contribution in [0.1, 0.15) is 65.0 Å². The Morgan fingerprint density at radius 2 is 1.89 bits per heavy atom. The Labute approximate surface area is 203 Å². The molecular formula is C25H28F2N4O3S. The lowest BCUT2D eigenvalue weighted by Gasteiger charge is -2.37. The molecule has 1 saturated heterocycles. The first kappa shape index (κ1) is 25.0. The molecule has 4 rings (SSSR count). The molecule has 2 aromatic carbocycles. The summed E-state index contributed by atoms with van der Waals surface area (Å²) in [6, 6.07) is 9.81. The van der Waals surface area contributed by atoms with Gasteiger partial charge in [-0.25, -0.2) is 17.2 Å². The molecule has 3 aromatic rings. The second-order valence-corrected chi connectivity index (χ2v) is 11.0. The van der Waals surface area contributed by atoms with Crippen LogP contribution in [0.2, 0.25) is 0 Å². The van der Waals surface area contributed by atoms with E-state index in [2.05, 4.69) is 10.4 Å². The molecule has 1 amide bonds. The van der Waals surface area contributed by atoms with E-state index in [1.165, 1.54) is 21.4 Å². The lowest BCUT2D eigenvalue weighted by molar-refractivity contribution is 0.0939. The summed E-state index contributed by atoms with van der Waals surface area (Å²) in [5.74, 6) is -1.91. The van der Waals surface area contributed by atoms with Crippen LogP contribution < -0.4 is 5.32 Å². The first-order valence-corrected chi connectivity index (χ1v) is 12.9.